The Kier molecular flexibility index (Phi) is 3.86. The molecule has 102 valence electrons. The van der Waals surface area contributed by atoms with Gasteiger partial charge in [0.2, 0.25) is 0 Å². The van der Waals surface area contributed by atoms with Crippen molar-refractivity contribution in [3.8, 4) is 0 Å². The molecule has 1 N–H and O–H groups in total. The van der Waals surface area contributed by atoms with Crippen molar-refractivity contribution in [2.24, 2.45) is 17.8 Å². The first-order valence-electron chi connectivity index (χ1n) is 6.88. The molecule has 0 heterocycles. The van der Waals surface area contributed by atoms with Crippen molar-refractivity contribution in [2.75, 3.05) is 6.54 Å². The highest BCUT2D eigenvalue weighted by atomic mass is 79.9. The Morgan fingerprint density at radius 3 is 2.53 bits per heavy atom. The SMILES string of the molecule is O=C(NCC(C1CC1)C1CC1)c1cc(Cl)ccc1Br. The second-order valence-corrected chi connectivity index (χ2v) is 6.96. The van der Waals surface area contributed by atoms with Gasteiger partial charge in [-0.25, -0.2) is 0 Å². The van der Waals surface area contributed by atoms with E-state index < -0.39 is 0 Å². The van der Waals surface area contributed by atoms with Crippen LogP contribution in [0, 0.1) is 17.8 Å². The van der Waals surface area contributed by atoms with Gasteiger partial charge in [0.05, 0.1) is 5.56 Å². The number of hydrogen-bond donors (Lipinski definition) is 1. The molecule has 1 amide bonds. The van der Waals surface area contributed by atoms with Crippen LogP contribution in [-0.2, 0) is 0 Å². The first-order chi connectivity index (χ1) is 9.15. The molecule has 1 aromatic carbocycles. The van der Waals surface area contributed by atoms with Crippen molar-refractivity contribution < 1.29 is 4.79 Å². The van der Waals surface area contributed by atoms with Crippen LogP contribution in [0.25, 0.3) is 0 Å². The number of amides is 1. The van der Waals surface area contributed by atoms with E-state index >= 15 is 0 Å². The van der Waals surface area contributed by atoms with Gasteiger partial charge in [-0.2, -0.15) is 0 Å². The molecule has 0 radical (unpaired) electrons. The van der Waals surface area contributed by atoms with Crippen LogP contribution >= 0.6 is 27.5 Å². The molecule has 0 unspecified atom stereocenters. The Labute approximate surface area is 127 Å². The lowest BCUT2D eigenvalue weighted by Gasteiger charge is -2.16. The van der Waals surface area contributed by atoms with Crippen LogP contribution in [0.2, 0.25) is 5.02 Å². The molecule has 2 fully saturated rings. The summed E-state index contributed by atoms with van der Waals surface area (Å²) in [5.74, 6) is 2.38. The highest BCUT2D eigenvalue weighted by Gasteiger charge is 2.41. The molecule has 0 aliphatic heterocycles. The van der Waals surface area contributed by atoms with Crippen molar-refractivity contribution in [3.63, 3.8) is 0 Å². The van der Waals surface area contributed by atoms with E-state index in [2.05, 4.69) is 21.2 Å². The summed E-state index contributed by atoms with van der Waals surface area (Å²) in [5.41, 5.74) is 0.623. The Bertz CT molecular complexity index is 485. The third-order valence-corrected chi connectivity index (χ3v) is 5.05. The highest BCUT2D eigenvalue weighted by Crippen LogP contribution is 2.48. The lowest BCUT2D eigenvalue weighted by atomic mass is 9.98. The zero-order valence-corrected chi connectivity index (χ0v) is 13.0. The number of halogens is 2. The fourth-order valence-electron chi connectivity index (χ4n) is 2.74. The Morgan fingerprint density at radius 1 is 1.32 bits per heavy atom. The van der Waals surface area contributed by atoms with Gasteiger partial charge in [-0.3, -0.25) is 4.79 Å². The van der Waals surface area contributed by atoms with Gasteiger partial charge in [-0.05, 0) is 77.6 Å². The van der Waals surface area contributed by atoms with Crippen LogP contribution in [-0.4, -0.2) is 12.5 Å². The second kappa shape index (κ2) is 5.45. The minimum atomic E-state index is -0.0272. The quantitative estimate of drug-likeness (QED) is 0.850. The average molecular weight is 343 g/mol. The van der Waals surface area contributed by atoms with Crippen molar-refractivity contribution in [1.82, 2.24) is 5.32 Å². The minimum absolute atomic E-state index is 0.0272. The maximum atomic E-state index is 12.2. The van der Waals surface area contributed by atoms with Crippen LogP contribution < -0.4 is 5.32 Å². The summed E-state index contributed by atoms with van der Waals surface area (Å²) in [6, 6.07) is 5.31. The van der Waals surface area contributed by atoms with Crippen LogP contribution in [0.4, 0.5) is 0 Å². The number of rotatable bonds is 5. The molecule has 19 heavy (non-hydrogen) atoms. The van der Waals surface area contributed by atoms with Crippen molar-refractivity contribution in [1.29, 1.82) is 0 Å². The Hall–Kier alpha value is -0.540. The average Bonchev–Trinajstić information content (AvgIpc) is 3.25. The summed E-state index contributed by atoms with van der Waals surface area (Å²) >= 11 is 9.34. The highest BCUT2D eigenvalue weighted by molar-refractivity contribution is 9.10. The van der Waals surface area contributed by atoms with Gasteiger partial charge in [-0.1, -0.05) is 11.6 Å². The van der Waals surface area contributed by atoms with Gasteiger partial charge >= 0.3 is 0 Å². The van der Waals surface area contributed by atoms with Crippen molar-refractivity contribution >= 4 is 33.4 Å². The molecule has 2 nitrogen and oxygen atoms in total. The zero-order valence-electron chi connectivity index (χ0n) is 10.7. The molecule has 0 bridgehead atoms. The molecule has 0 atom stereocenters. The lowest BCUT2D eigenvalue weighted by molar-refractivity contribution is 0.0942. The number of hydrogen-bond acceptors (Lipinski definition) is 1. The second-order valence-electron chi connectivity index (χ2n) is 5.67. The summed E-state index contributed by atoms with van der Waals surface area (Å²) < 4.78 is 0.795. The van der Waals surface area contributed by atoms with Crippen LogP contribution in [0.1, 0.15) is 36.0 Å². The minimum Gasteiger partial charge on any atom is -0.352 e. The first-order valence-corrected chi connectivity index (χ1v) is 8.05. The topological polar surface area (TPSA) is 29.1 Å². The number of carbonyl (C=O) groups is 1. The molecule has 1 aromatic rings. The molecule has 2 aliphatic carbocycles. The summed E-state index contributed by atoms with van der Waals surface area (Å²) in [7, 11) is 0. The monoisotopic (exact) mass is 341 g/mol. The van der Waals surface area contributed by atoms with Crippen LogP contribution in [0.3, 0.4) is 0 Å². The van der Waals surface area contributed by atoms with Gasteiger partial charge in [0.25, 0.3) is 5.91 Å². The standard InChI is InChI=1S/C15H17BrClNO/c16-14-6-5-11(17)7-12(14)15(19)18-8-13(9-1-2-9)10-3-4-10/h5-7,9-10,13H,1-4,8H2,(H,18,19). The van der Waals surface area contributed by atoms with Gasteiger partial charge in [0.1, 0.15) is 0 Å². The molecule has 2 aliphatic rings. The van der Waals surface area contributed by atoms with E-state index in [-0.39, 0.29) is 5.91 Å². The largest absolute Gasteiger partial charge is 0.352 e. The fraction of sp³-hybridized carbons (Fsp3) is 0.533. The van der Waals surface area contributed by atoms with E-state index in [0.29, 0.717) is 16.5 Å². The fourth-order valence-corrected chi connectivity index (χ4v) is 3.34. The Morgan fingerprint density at radius 2 is 1.95 bits per heavy atom. The molecular formula is C15H17BrClNO. The van der Waals surface area contributed by atoms with E-state index in [1.807, 2.05) is 6.07 Å². The third kappa shape index (κ3) is 3.32. The molecular weight excluding hydrogens is 326 g/mol. The van der Waals surface area contributed by atoms with Crippen LogP contribution in [0.5, 0.6) is 0 Å². The summed E-state index contributed by atoms with van der Waals surface area (Å²) in [6.45, 7) is 0.813. The number of carbonyl (C=O) groups excluding carboxylic acids is 1. The van der Waals surface area contributed by atoms with E-state index in [0.717, 1.165) is 22.9 Å². The van der Waals surface area contributed by atoms with Gasteiger partial charge in [0, 0.05) is 16.0 Å². The van der Waals surface area contributed by atoms with E-state index in [1.165, 1.54) is 25.7 Å². The predicted molar refractivity (Wildman–Crippen MR) is 80.4 cm³/mol. The van der Waals surface area contributed by atoms with Gasteiger partial charge < -0.3 is 5.32 Å². The first kappa shape index (κ1) is 13.4. The van der Waals surface area contributed by atoms with Gasteiger partial charge in [-0.15, -0.1) is 0 Å². The maximum absolute atomic E-state index is 12.2. The molecule has 3 rings (SSSR count). The van der Waals surface area contributed by atoms with Gasteiger partial charge in [0.15, 0.2) is 0 Å². The van der Waals surface area contributed by atoms with E-state index in [9.17, 15) is 4.79 Å². The van der Waals surface area contributed by atoms with Crippen LogP contribution in [0.15, 0.2) is 22.7 Å². The third-order valence-electron chi connectivity index (χ3n) is 4.13. The van der Waals surface area contributed by atoms with Crippen molar-refractivity contribution in [3.05, 3.63) is 33.3 Å². The summed E-state index contributed by atoms with van der Waals surface area (Å²) in [4.78, 5) is 12.2. The van der Waals surface area contributed by atoms with Crippen molar-refractivity contribution in [2.45, 2.75) is 25.7 Å². The number of nitrogens with one attached hydrogen (secondary N) is 1. The van der Waals surface area contributed by atoms with E-state index in [4.69, 9.17) is 11.6 Å². The molecule has 0 saturated heterocycles. The molecule has 4 heteroatoms. The molecule has 0 spiro atoms. The normalized spacial score (nSPS) is 18.7. The molecule has 2 saturated carbocycles. The number of benzene rings is 1. The molecule has 0 aromatic heterocycles. The Balaban J connectivity index is 1.62. The maximum Gasteiger partial charge on any atom is 0.252 e. The van der Waals surface area contributed by atoms with E-state index in [1.54, 1.807) is 12.1 Å². The summed E-state index contributed by atoms with van der Waals surface area (Å²) in [5, 5.41) is 3.67. The smallest absolute Gasteiger partial charge is 0.252 e. The lowest BCUT2D eigenvalue weighted by Crippen LogP contribution is -2.31. The zero-order chi connectivity index (χ0) is 13.4. The summed E-state index contributed by atoms with van der Waals surface area (Å²) in [6.07, 6.45) is 5.38. The predicted octanol–water partition coefficient (Wildman–Crippen LogP) is 4.27.